The van der Waals surface area contributed by atoms with Crippen LogP contribution in [0, 0.1) is 0 Å². The van der Waals surface area contributed by atoms with Crippen LogP contribution in [0.5, 0.6) is 34.5 Å². The van der Waals surface area contributed by atoms with Crippen molar-refractivity contribution in [3.8, 4) is 34.5 Å². The maximum atomic E-state index is 6.63. The Morgan fingerprint density at radius 2 is 0.396 bits per heavy atom. The third kappa shape index (κ3) is 7.67. The van der Waals surface area contributed by atoms with E-state index in [2.05, 4.69) is 29.9 Å². The molecule has 6 aromatic rings. The van der Waals surface area contributed by atoms with E-state index in [4.69, 9.17) is 40.7 Å². The monoisotopic (exact) mass is 699 g/mol. The molecule has 0 fully saturated rings. The molecule has 1 aliphatic heterocycles. The van der Waals surface area contributed by atoms with Gasteiger partial charge in [0.2, 0.25) is 0 Å². The van der Waals surface area contributed by atoms with E-state index in [1.54, 1.807) is 147 Å². The molecule has 0 bridgehead atoms. The topological polar surface area (TPSA) is 170 Å². The molecule has 48 heavy (non-hydrogen) atoms. The number of aromatic nitrogens is 6. The summed E-state index contributed by atoms with van der Waals surface area (Å²) >= 11 is 0. The molecule has 6 aromatic heterocycles. The lowest BCUT2D eigenvalue weighted by molar-refractivity contribution is 0.442. The number of nitrogens with zero attached hydrogens (tertiary/aromatic N) is 9. The Balaban J connectivity index is 1.55. The zero-order valence-corrected chi connectivity index (χ0v) is 27.4. The molecule has 0 unspecified atom stereocenters. The minimum absolute atomic E-state index is 0.346. The highest BCUT2D eigenvalue weighted by molar-refractivity contribution is 7.79. The van der Waals surface area contributed by atoms with E-state index in [0.717, 1.165) is 0 Å². The Morgan fingerprint density at radius 3 is 0.542 bits per heavy atom. The van der Waals surface area contributed by atoms with Crippen LogP contribution in [-0.2, 0) is 0 Å². The quantitative estimate of drug-likeness (QED) is 0.112. The summed E-state index contributed by atoms with van der Waals surface area (Å²) in [7, 11) is -12.0. The minimum atomic E-state index is -3.99. The second-order valence-electron chi connectivity index (χ2n) is 9.39. The van der Waals surface area contributed by atoms with Crippen molar-refractivity contribution in [2.24, 2.45) is 13.5 Å². The van der Waals surface area contributed by atoms with E-state index >= 15 is 0 Å². The highest BCUT2D eigenvalue weighted by atomic mass is 31.3. The van der Waals surface area contributed by atoms with E-state index in [1.165, 1.54) is 0 Å². The van der Waals surface area contributed by atoms with Crippen molar-refractivity contribution >= 4 is 23.0 Å². The first kappa shape index (κ1) is 31.0. The van der Waals surface area contributed by atoms with Gasteiger partial charge in [0.15, 0.2) is 0 Å². The highest BCUT2D eigenvalue weighted by Crippen LogP contribution is 2.78. The van der Waals surface area contributed by atoms with Gasteiger partial charge >= 0.3 is 23.0 Å². The summed E-state index contributed by atoms with van der Waals surface area (Å²) in [6.07, 6.45) is 18.8. The lowest BCUT2D eigenvalue weighted by Gasteiger charge is -2.33. The summed E-state index contributed by atoms with van der Waals surface area (Å²) in [4.78, 5) is 24.7. The SMILES string of the molecule is c1cc(OP2(Oc3ccncc3)=NP(Oc3ccncc3)(Oc3ccncc3)=NP(Oc3ccncc3)(Oc3ccncc3)=N2)ccn1. The molecule has 0 aliphatic carbocycles. The Bertz CT molecular complexity index is 1730. The molecule has 0 amide bonds. The van der Waals surface area contributed by atoms with Crippen molar-refractivity contribution in [2.75, 3.05) is 0 Å². The average Bonchev–Trinajstić information content (AvgIpc) is 3.10. The van der Waals surface area contributed by atoms with Crippen molar-refractivity contribution in [3.63, 3.8) is 0 Å². The lowest BCUT2D eigenvalue weighted by Crippen LogP contribution is -2.11. The summed E-state index contributed by atoms with van der Waals surface area (Å²) < 4.78 is 55.0. The molecule has 240 valence electrons. The minimum Gasteiger partial charge on any atom is -0.413 e. The van der Waals surface area contributed by atoms with Gasteiger partial charge in [-0.25, -0.2) is 0 Å². The zero-order valence-electron chi connectivity index (χ0n) is 24.7. The van der Waals surface area contributed by atoms with Crippen LogP contribution in [0.25, 0.3) is 0 Å². The van der Waals surface area contributed by atoms with Gasteiger partial charge in [0.1, 0.15) is 34.5 Å². The van der Waals surface area contributed by atoms with Crippen LogP contribution in [0.15, 0.2) is 161 Å². The second-order valence-corrected chi connectivity index (χ2v) is 15.6. The third-order valence-corrected chi connectivity index (χ3v) is 14.0. The van der Waals surface area contributed by atoms with Crippen LogP contribution >= 0.6 is 23.0 Å². The number of hydrogen-bond donors (Lipinski definition) is 0. The molecule has 18 heteroatoms. The van der Waals surface area contributed by atoms with E-state index in [-0.39, 0.29) is 0 Å². The first-order chi connectivity index (χ1) is 23.6. The van der Waals surface area contributed by atoms with Gasteiger partial charge in [-0.2, -0.15) is 0 Å². The van der Waals surface area contributed by atoms with Gasteiger partial charge in [0.25, 0.3) is 0 Å². The summed E-state index contributed by atoms with van der Waals surface area (Å²) in [6, 6.07) is 19.8. The van der Waals surface area contributed by atoms with Gasteiger partial charge in [-0.05, 0) is 72.8 Å². The predicted octanol–water partition coefficient (Wildman–Crippen LogP) is 8.68. The fourth-order valence-electron chi connectivity index (χ4n) is 3.98. The van der Waals surface area contributed by atoms with Crippen LogP contribution in [0.1, 0.15) is 0 Å². The number of pyridine rings is 6. The molecule has 0 atom stereocenters. The van der Waals surface area contributed by atoms with Gasteiger partial charge in [-0.1, -0.05) is 13.5 Å². The summed E-state index contributed by atoms with van der Waals surface area (Å²) in [5.41, 5.74) is 0. The Kier molecular flexibility index (Phi) is 9.06. The molecular formula is C30H24N9O6P3. The first-order valence-electron chi connectivity index (χ1n) is 14.1. The molecule has 0 saturated heterocycles. The van der Waals surface area contributed by atoms with Crippen molar-refractivity contribution < 1.29 is 27.1 Å². The Hall–Kier alpha value is -5.61. The lowest BCUT2D eigenvalue weighted by atomic mass is 10.5. The zero-order chi connectivity index (χ0) is 32.5. The van der Waals surface area contributed by atoms with E-state index in [0.29, 0.717) is 34.5 Å². The molecule has 15 nitrogen and oxygen atoms in total. The van der Waals surface area contributed by atoms with Crippen LogP contribution < -0.4 is 27.1 Å². The standard InChI is InChI=1S/C30H24N9O6P3/c1-13-31-14-2-25(1)40-46(41-26-3-15-32-16-4-26)37-47(42-27-5-17-33-18-6-27,43-28-7-19-34-20-8-28)39-48(38-46,44-29-9-21-35-22-10-29)45-30-11-23-36-24-12-30/h1-24H. The molecule has 0 aromatic carbocycles. The maximum absolute atomic E-state index is 6.63. The van der Waals surface area contributed by atoms with Crippen LogP contribution in [0.3, 0.4) is 0 Å². The van der Waals surface area contributed by atoms with Gasteiger partial charge < -0.3 is 27.1 Å². The summed E-state index contributed by atoms with van der Waals surface area (Å²) in [5, 5.41) is 0. The molecule has 1 aliphatic rings. The van der Waals surface area contributed by atoms with E-state index < -0.39 is 23.0 Å². The predicted molar refractivity (Wildman–Crippen MR) is 177 cm³/mol. The van der Waals surface area contributed by atoms with Gasteiger partial charge in [0, 0.05) is 74.4 Å². The average molecular weight is 700 g/mol. The van der Waals surface area contributed by atoms with Crippen molar-refractivity contribution in [1.82, 2.24) is 29.9 Å². The Labute approximate surface area is 274 Å². The summed E-state index contributed by atoms with van der Waals surface area (Å²) in [5.74, 6) is 2.08. The Morgan fingerprint density at radius 1 is 0.250 bits per heavy atom. The number of rotatable bonds is 12. The first-order valence-corrected chi connectivity index (χ1v) is 18.7. The second kappa shape index (κ2) is 14.0. The van der Waals surface area contributed by atoms with Crippen molar-refractivity contribution in [2.45, 2.75) is 0 Å². The molecule has 7 heterocycles. The van der Waals surface area contributed by atoms with E-state index in [9.17, 15) is 0 Å². The molecule has 7 rings (SSSR count). The van der Waals surface area contributed by atoms with Crippen molar-refractivity contribution in [3.05, 3.63) is 147 Å². The van der Waals surface area contributed by atoms with Gasteiger partial charge in [0.05, 0.1) is 0 Å². The number of hydrogen-bond acceptors (Lipinski definition) is 15. The van der Waals surface area contributed by atoms with Gasteiger partial charge in [-0.3, -0.25) is 29.9 Å². The highest BCUT2D eigenvalue weighted by Gasteiger charge is 2.49. The summed E-state index contributed by atoms with van der Waals surface area (Å²) in [6.45, 7) is 0. The van der Waals surface area contributed by atoms with E-state index in [1.807, 2.05) is 0 Å². The van der Waals surface area contributed by atoms with Crippen molar-refractivity contribution in [1.29, 1.82) is 0 Å². The van der Waals surface area contributed by atoms with Crippen LogP contribution in [0.4, 0.5) is 0 Å². The largest absolute Gasteiger partial charge is 0.460 e. The van der Waals surface area contributed by atoms with Crippen LogP contribution in [-0.4, -0.2) is 29.9 Å². The molecule has 0 saturated carbocycles. The van der Waals surface area contributed by atoms with Gasteiger partial charge in [-0.15, -0.1) is 0 Å². The van der Waals surface area contributed by atoms with Crippen LogP contribution in [0.2, 0.25) is 0 Å². The normalized spacial score (nSPS) is 15.2. The fourth-order valence-corrected chi connectivity index (χ4v) is 13.0. The fraction of sp³-hybridized carbons (Fsp3) is 0. The molecule has 0 spiro atoms. The molecule has 0 radical (unpaired) electrons. The molecular weight excluding hydrogens is 675 g/mol. The third-order valence-electron chi connectivity index (χ3n) is 5.92. The smallest absolute Gasteiger partial charge is 0.413 e. The maximum Gasteiger partial charge on any atom is 0.460 e. The molecule has 0 N–H and O–H groups in total.